The first-order valence-electron chi connectivity index (χ1n) is 4.92. The number of carbonyl (C=O) groups excluding carboxylic acids is 1. The zero-order valence-electron chi connectivity index (χ0n) is 9.39. The molecule has 1 amide bonds. The summed E-state index contributed by atoms with van der Waals surface area (Å²) in [6.07, 6.45) is 0.353. The average molecular weight is 251 g/mol. The summed E-state index contributed by atoms with van der Waals surface area (Å²) < 4.78 is 22.8. The minimum absolute atomic E-state index is 0.136. The number of carbonyl (C=O) groups is 2. The molecule has 94 valence electrons. The summed E-state index contributed by atoms with van der Waals surface area (Å²) in [7, 11) is -1.92. The molecule has 0 aliphatic carbocycles. The molecule has 7 heteroatoms. The first-order valence-corrected chi connectivity index (χ1v) is 6.74. The number of carboxylic acids is 1. The lowest BCUT2D eigenvalue weighted by Crippen LogP contribution is -2.24. The molecular formula is C9H17NO5S. The van der Waals surface area contributed by atoms with Crippen molar-refractivity contribution >= 4 is 21.7 Å². The van der Waals surface area contributed by atoms with E-state index in [1.807, 2.05) is 0 Å². The van der Waals surface area contributed by atoms with Crippen LogP contribution in [-0.4, -0.2) is 44.0 Å². The molecule has 0 saturated carbocycles. The van der Waals surface area contributed by atoms with Crippen LogP contribution in [0.3, 0.4) is 0 Å². The molecule has 0 bridgehead atoms. The van der Waals surface area contributed by atoms with Crippen molar-refractivity contribution in [2.75, 3.05) is 18.6 Å². The molecule has 16 heavy (non-hydrogen) atoms. The maximum absolute atomic E-state index is 11.4. The summed E-state index contributed by atoms with van der Waals surface area (Å²) >= 11 is 0. The summed E-state index contributed by atoms with van der Waals surface area (Å²) in [6.45, 7) is 1.35. The molecule has 0 aliphatic rings. The Balaban J connectivity index is 4.07. The molecule has 1 atom stereocenters. The van der Waals surface area contributed by atoms with Gasteiger partial charge in [-0.1, -0.05) is 6.92 Å². The first kappa shape index (κ1) is 14.9. The van der Waals surface area contributed by atoms with Gasteiger partial charge >= 0.3 is 5.97 Å². The monoisotopic (exact) mass is 251 g/mol. The van der Waals surface area contributed by atoms with Crippen LogP contribution in [0.25, 0.3) is 0 Å². The number of hydrogen-bond donors (Lipinski definition) is 2. The smallest absolute Gasteiger partial charge is 0.307 e. The standard InChI is InChI=1S/C9H17NO5S/c1-7(9(12)13)6-16(14,15)5-3-4-8(11)10-2/h7H,3-6H2,1-2H3,(H,10,11)(H,12,13). The predicted molar refractivity (Wildman–Crippen MR) is 58.8 cm³/mol. The second-order valence-electron chi connectivity index (χ2n) is 3.63. The van der Waals surface area contributed by atoms with Gasteiger partial charge in [0.05, 0.1) is 17.4 Å². The van der Waals surface area contributed by atoms with Crippen molar-refractivity contribution in [2.45, 2.75) is 19.8 Å². The van der Waals surface area contributed by atoms with Crippen molar-refractivity contribution in [3.8, 4) is 0 Å². The van der Waals surface area contributed by atoms with Gasteiger partial charge in [-0.25, -0.2) is 8.42 Å². The summed E-state index contributed by atoms with van der Waals surface area (Å²) in [5.74, 6) is -2.80. The third kappa shape index (κ3) is 6.39. The van der Waals surface area contributed by atoms with Crippen molar-refractivity contribution < 1.29 is 23.1 Å². The fourth-order valence-corrected chi connectivity index (χ4v) is 2.77. The third-order valence-electron chi connectivity index (χ3n) is 2.06. The van der Waals surface area contributed by atoms with Crippen molar-refractivity contribution in [3.63, 3.8) is 0 Å². The Hall–Kier alpha value is -1.11. The highest BCUT2D eigenvalue weighted by atomic mass is 32.2. The number of rotatable bonds is 7. The number of sulfone groups is 1. The summed E-state index contributed by atoms with van der Waals surface area (Å²) in [4.78, 5) is 21.3. The SMILES string of the molecule is CNC(=O)CCCS(=O)(=O)CC(C)C(=O)O. The van der Waals surface area contributed by atoms with Crippen molar-refractivity contribution in [2.24, 2.45) is 5.92 Å². The lowest BCUT2D eigenvalue weighted by Gasteiger charge is -2.07. The second-order valence-corrected chi connectivity index (χ2v) is 5.86. The van der Waals surface area contributed by atoms with Gasteiger partial charge in [-0.05, 0) is 6.42 Å². The number of amides is 1. The Bertz CT molecular complexity index is 349. The summed E-state index contributed by atoms with van der Waals surface area (Å²) in [5, 5.41) is 11.0. The molecule has 0 aromatic rings. The fraction of sp³-hybridized carbons (Fsp3) is 0.778. The molecule has 0 aromatic heterocycles. The van der Waals surface area contributed by atoms with E-state index in [0.29, 0.717) is 0 Å². The van der Waals surface area contributed by atoms with Gasteiger partial charge in [-0.15, -0.1) is 0 Å². The van der Waals surface area contributed by atoms with Crippen LogP contribution in [0.1, 0.15) is 19.8 Å². The van der Waals surface area contributed by atoms with E-state index in [9.17, 15) is 18.0 Å². The van der Waals surface area contributed by atoms with Crippen molar-refractivity contribution in [1.29, 1.82) is 0 Å². The van der Waals surface area contributed by atoms with Crippen LogP contribution in [0.4, 0.5) is 0 Å². The first-order chi connectivity index (χ1) is 7.28. The van der Waals surface area contributed by atoms with Crippen molar-refractivity contribution in [3.05, 3.63) is 0 Å². The molecular weight excluding hydrogens is 234 g/mol. The van der Waals surface area contributed by atoms with E-state index in [1.165, 1.54) is 14.0 Å². The van der Waals surface area contributed by atoms with E-state index < -0.39 is 21.7 Å². The molecule has 0 spiro atoms. The highest BCUT2D eigenvalue weighted by Gasteiger charge is 2.20. The van der Waals surface area contributed by atoms with Crippen LogP contribution < -0.4 is 5.32 Å². The predicted octanol–water partition coefficient (Wildman–Crippen LogP) is -0.352. The molecule has 2 N–H and O–H groups in total. The van der Waals surface area contributed by atoms with Gasteiger partial charge in [0.2, 0.25) is 5.91 Å². The van der Waals surface area contributed by atoms with Crippen LogP contribution >= 0.6 is 0 Å². The zero-order chi connectivity index (χ0) is 12.8. The molecule has 0 rings (SSSR count). The van der Waals surface area contributed by atoms with Crippen LogP contribution in [-0.2, 0) is 19.4 Å². The molecule has 0 aliphatic heterocycles. The average Bonchev–Trinajstić information content (AvgIpc) is 2.16. The Morgan fingerprint density at radius 2 is 1.94 bits per heavy atom. The van der Waals surface area contributed by atoms with Gasteiger partial charge in [0.1, 0.15) is 0 Å². The van der Waals surface area contributed by atoms with Gasteiger partial charge < -0.3 is 10.4 Å². The molecule has 1 unspecified atom stereocenters. The lowest BCUT2D eigenvalue weighted by atomic mass is 10.2. The molecule has 0 radical (unpaired) electrons. The maximum Gasteiger partial charge on any atom is 0.307 e. The molecule has 6 nitrogen and oxygen atoms in total. The summed E-state index contributed by atoms with van der Waals surface area (Å²) in [5.41, 5.74) is 0. The normalized spacial score (nSPS) is 13.1. The van der Waals surface area contributed by atoms with E-state index in [0.717, 1.165) is 0 Å². The Kier molecular flexibility index (Phi) is 6.02. The number of nitrogens with one attached hydrogen (secondary N) is 1. The zero-order valence-corrected chi connectivity index (χ0v) is 10.2. The highest BCUT2D eigenvalue weighted by Crippen LogP contribution is 2.05. The third-order valence-corrected chi connectivity index (χ3v) is 3.98. The number of aliphatic carboxylic acids is 1. The Morgan fingerprint density at radius 3 is 2.38 bits per heavy atom. The molecule has 0 fully saturated rings. The molecule has 0 saturated heterocycles. The minimum Gasteiger partial charge on any atom is -0.481 e. The van der Waals surface area contributed by atoms with Crippen LogP contribution in [0.5, 0.6) is 0 Å². The van der Waals surface area contributed by atoms with E-state index in [1.54, 1.807) is 0 Å². The largest absolute Gasteiger partial charge is 0.481 e. The molecule has 0 aromatic carbocycles. The van der Waals surface area contributed by atoms with E-state index in [-0.39, 0.29) is 30.3 Å². The highest BCUT2D eigenvalue weighted by molar-refractivity contribution is 7.91. The van der Waals surface area contributed by atoms with E-state index >= 15 is 0 Å². The minimum atomic E-state index is -3.39. The van der Waals surface area contributed by atoms with Gasteiger partial charge in [0.25, 0.3) is 0 Å². The molecule has 0 heterocycles. The maximum atomic E-state index is 11.4. The Labute approximate surface area is 95.0 Å². The van der Waals surface area contributed by atoms with Crippen LogP contribution in [0, 0.1) is 5.92 Å². The van der Waals surface area contributed by atoms with Gasteiger partial charge in [0.15, 0.2) is 9.84 Å². The van der Waals surface area contributed by atoms with Crippen LogP contribution in [0.15, 0.2) is 0 Å². The van der Waals surface area contributed by atoms with E-state index in [4.69, 9.17) is 5.11 Å². The van der Waals surface area contributed by atoms with Gasteiger partial charge in [0, 0.05) is 13.5 Å². The summed E-state index contributed by atoms with van der Waals surface area (Å²) in [6, 6.07) is 0. The lowest BCUT2D eigenvalue weighted by molar-refractivity contribution is -0.140. The second kappa shape index (κ2) is 6.47. The topological polar surface area (TPSA) is 101 Å². The quantitative estimate of drug-likeness (QED) is 0.644. The van der Waals surface area contributed by atoms with Crippen LogP contribution in [0.2, 0.25) is 0 Å². The fourth-order valence-electron chi connectivity index (χ4n) is 1.11. The van der Waals surface area contributed by atoms with Gasteiger partial charge in [-0.3, -0.25) is 9.59 Å². The van der Waals surface area contributed by atoms with Gasteiger partial charge in [-0.2, -0.15) is 0 Å². The number of hydrogen-bond acceptors (Lipinski definition) is 4. The van der Waals surface area contributed by atoms with E-state index in [2.05, 4.69) is 5.32 Å². The van der Waals surface area contributed by atoms with Crippen molar-refractivity contribution in [1.82, 2.24) is 5.32 Å². The Morgan fingerprint density at radius 1 is 1.38 bits per heavy atom. The number of carboxylic acid groups (broad SMARTS) is 1.